The van der Waals surface area contributed by atoms with E-state index < -0.39 is 5.97 Å². The first-order chi connectivity index (χ1) is 16.9. The fraction of sp³-hybridized carbons (Fsp3) is 0.115. The van der Waals surface area contributed by atoms with Gasteiger partial charge in [0.2, 0.25) is 0 Å². The third kappa shape index (κ3) is 6.17. The molecule has 0 atom stereocenters. The number of aryl methyl sites for hydroxylation is 1. The summed E-state index contributed by atoms with van der Waals surface area (Å²) in [6.07, 6.45) is 1.48. The van der Waals surface area contributed by atoms with Crippen LogP contribution in [-0.4, -0.2) is 31.8 Å². The van der Waals surface area contributed by atoms with Gasteiger partial charge in [0.15, 0.2) is 6.61 Å². The number of carbonyl (C=O) groups excluding carboxylic acids is 2. The van der Waals surface area contributed by atoms with Gasteiger partial charge in [0.25, 0.3) is 5.91 Å². The molecule has 9 heteroatoms. The van der Waals surface area contributed by atoms with E-state index in [-0.39, 0.29) is 12.5 Å². The average molecular weight is 509 g/mol. The Morgan fingerprint density at radius 2 is 1.69 bits per heavy atom. The van der Waals surface area contributed by atoms with E-state index >= 15 is 0 Å². The zero-order valence-electron chi connectivity index (χ0n) is 18.9. The van der Waals surface area contributed by atoms with E-state index in [1.54, 1.807) is 49.6 Å². The number of nitrogens with one attached hydrogen (secondary N) is 1. The monoisotopic (exact) mass is 508 g/mol. The Morgan fingerprint density at radius 3 is 2.40 bits per heavy atom. The molecule has 0 aliphatic rings. The minimum Gasteiger partial charge on any atom is -0.497 e. The van der Waals surface area contributed by atoms with Gasteiger partial charge in [0.05, 0.1) is 18.3 Å². The standard InChI is InChI=1S/C26H21ClN2O5S/c1-16-3-7-18(8-4-16)33-15-23(30)29-28-14-17-5-9-19(10-6-17)34-26(31)25-24(27)21-12-11-20(32-2)13-22(21)35-25/h3-14H,15H2,1-2H3,(H,29,30). The number of thiophene rings is 1. The van der Waals surface area contributed by atoms with Crippen LogP contribution in [0.4, 0.5) is 0 Å². The number of esters is 1. The van der Waals surface area contributed by atoms with Gasteiger partial charge < -0.3 is 14.2 Å². The van der Waals surface area contributed by atoms with Gasteiger partial charge in [-0.2, -0.15) is 5.10 Å². The molecule has 178 valence electrons. The van der Waals surface area contributed by atoms with Crippen LogP contribution >= 0.6 is 22.9 Å². The molecule has 0 fully saturated rings. The van der Waals surface area contributed by atoms with Gasteiger partial charge in [-0.05, 0) is 67.1 Å². The van der Waals surface area contributed by atoms with Crippen LogP contribution in [0, 0.1) is 6.92 Å². The molecule has 4 aromatic rings. The van der Waals surface area contributed by atoms with Crippen molar-refractivity contribution in [3.8, 4) is 17.2 Å². The van der Waals surface area contributed by atoms with Crippen molar-refractivity contribution in [3.63, 3.8) is 0 Å². The Balaban J connectivity index is 1.30. The summed E-state index contributed by atoms with van der Waals surface area (Å²) in [6, 6.07) is 19.5. The van der Waals surface area contributed by atoms with E-state index in [4.69, 9.17) is 25.8 Å². The molecule has 1 heterocycles. The Kier molecular flexibility index (Phi) is 7.64. The molecule has 0 saturated carbocycles. The van der Waals surface area contributed by atoms with Crippen molar-refractivity contribution in [1.29, 1.82) is 0 Å². The first-order valence-electron chi connectivity index (χ1n) is 10.5. The molecule has 1 aromatic heterocycles. The van der Waals surface area contributed by atoms with Crippen LogP contribution in [0.3, 0.4) is 0 Å². The van der Waals surface area contributed by atoms with Crippen LogP contribution in [-0.2, 0) is 4.79 Å². The van der Waals surface area contributed by atoms with Crippen molar-refractivity contribution < 1.29 is 23.8 Å². The van der Waals surface area contributed by atoms with Crippen molar-refractivity contribution in [2.45, 2.75) is 6.92 Å². The van der Waals surface area contributed by atoms with E-state index in [9.17, 15) is 9.59 Å². The van der Waals surface area contributed by atoms with Crippen molar-refractivity contribution in [2.24, 2.45) is 5.10 Å². The number of methoxy groups -OCH3 is 1. The van der Waals surface area contributed by atoms with Crippen molar-refractivity contribution >= 4 is 51.1 Å². The highest BCUT2D eigenvalue weighted by molar-refractivity contribution is 7.21. The molecule has 1 N–H and O–H groups in total. The fourth-order valence-electron chi connectivity index (χ4n) is 3.07. The van der Waals surface area contributed by atoms with Gasteiger partial charge in [0, 0.05) is 10.1 Å². The Labute approximate surface area is 210 Å². The van der Waals surface area contributed by atoms with Crippen molar-refractivity contribution in [2.75, 3.05) is 13.7 Å². The molecule has 0 aliphatic carbocycles. The average Bonchev–Trinajstić information content (AvgIpc) is 3.20. The maximum atomic E-state index is 12.7. The lowest BCUT2D eigenvalue weighted by molar-refractivity contribution is -0.123. The topological polar surface area (TPSA) is 86.2 Å². The number of halogens is 1. The van der Waals surface area contributed by atoms with Gasteiger partial charge in [-0.3, -0.25) is 4.79 Å². The summed E-state index contributed by atoms with van der Waals surface area (Å²) >= 11 is 7.64. The predicted octanol–water partition coefficient (Wildman–Crippen LogP) is 5.62. The summed E-state index contributed by atoms with van der Waals surface area (Å²) in [6.45, 7) is 1.82. The normalized spacial score (nSPS) is 10.9. The number of amides is 1. The second kappa shape index (κ2) is 11.0. The third-order valence-corrected chi connectivity index (χ3v) is 6.54. The van der Waals surface area contributed by atoms with Gasteiger partial charge in [-0.1, -0.05) is 29.3 Å². The molecule has 0 spiro atoms. The van der Waals surface area contributed by atoms with Crippen LogP contribution in [0.25, 0.3) is 10.1 Å². The highest BCUT2D eigenvalue weighted by Gasteiger charge is 2.19. The number of hydrazone groups is 1. The molecule has 0 bridgehead atoms. The van der Waals surface area contributed by atoms with E-state index in [0.29, 0.717) is 32.7 Å². The number of fused-ring (bicyclic) bond motifs is 1. The van der Waals surface area contributed by atoms with Crippen LogP contribution < -0.4 is 19.6 Å². The van der Waals surface area contributed by atoms with E-state index in [2.05, 4.69) is 10.5 Å². The summed E-state index contributed by atoms with van der Waals surface area (Å²) < 4.78 is 16.9. The van der Waals surface area contributed by atoms with Crippen LogP contribution in [0.15, 0.2) is 71.8 Å². The molecule has 4 rings (SSSR count). The molecule has 0 saturated heterocycles. The van der Waals surface area contributed by atoms with Gasteiger partial charge in [-0.15, -0.1) is 11.3 Å². The second-order valence-corrected chi connectivity index (χ2v) is 8.89. The molecule has 0 aliphatic heterocycles. The van der Waals surface area contributed by atoms with Crippen molar-refractivity contribution in [1.82, 2.24) is 5.43 Å². The Hall–Kier alpha value is -3.88. The summed E-state index contributed by atoms with van der Waals surface area (Å²) in [7, 11) is 1.58. The zero-order valence-corrected chi connectivity index (χ0v) is 20.5. The number of rotatable bonds is 8. The number of benzene rings is 3. The Bertz CT molecular complexity index is 1380. The molecule has 1 amide bonds. The molecule has 0 radical (unpaired) electrons. The lowest BCUT2D eigenvalue weighted by atomic mass is 10.2. The van der Waals surface area contributed by atoms with Gasteiger partial charge >= 0.3 is 5.97 Å². The summed E-state index contributed by atoms with van der Waals surface area (Å²) in [4.78, 5) is 24.9. The lowest BCUT2D eigenvalue weighted by Gasteiger charge is -2.05. The smallest absolute Gasteiger partial charge is 0.355 e. The van der Waals surface area contributed by atoms with Crippen LogP contribution in [0.5, 0.6) is 17.2 Å². The molecule has 0 unspecified atom stereocenters. The largest absolute Gasteiger partial charge is 0.497 e. The highest BCUT2D eigenvalue weighted by atomic mass is 35.5. The van der Waals surface area contributed by atoms with Crippen LogP contribution in [0.2, 0.25) is 5.02 Å². The zero-order chi connectivity index (χ0) is 24.8. The molecular formula is C26H21ClN2O5S. The number of nitrogens with zero attached hydrogens (tertiary/aromatic N) is 1. The summed E-state index contributed by atoms with van der Waals surface area (Å²) in [5.41, 5.74) is 4.22. The molecule has 7 nitrogen and oxygen atoms in total. The number of ether oxygens (including phenoxy) is 3. The third-order valence-electron chi connectivity index (χ3n) is 4.91. The summed E-state index contributed by atoms with van der Waals surface area (Å²) in [5.74, 6) is 0.718. The lowest BCUT2D eigenvalue weighted by Crippen LogP contribution is -2.24. The van der Waals surface area contributed by atoms with Crippen molar-refractivity contribution in [3.05, 3.63) is 87.8 Å². The Morgan fingerprint density at radius 1 is 1.00 bits per heavy atom. The maximum Gasteiger partial charge on any atom is 0.355 e. The minimum atomic E-state index is -0.544. The SMILES string of the molecule is COc1ccc2c(Cl)c(C(=O)Oc3ccc(C=NNC(=O)COc4ccc(C)cc4)cc3)sc2c1. The highest BCUT2D eigenvalue weighted by Crippen LogP contribution is 2.37. The second-order valence-electron chi connectivity index (χ2n) is 7.46. The minimum absolute atomic E-state index is 0.150. The maximum absolute atomic E-state index is 12.7. The molecular weight excluding hydrogens is 488 g/mol. The fourth-order valence-corrected chi connectivity index (χ4v) is 4.49. The summed E-state index contributed by atoms with van der Waals surface area (Å²) in [5, 5.41) is 5.03. The van der Waals surface area contributed by atoms with Crippen LogP contribution in [0.1, 0.15) is 20.8 Å². The number of hydrogen-bond acceptors (Lipinski definition) is 7. The number of hydrogen-bond donors (Lipinski definition) is 1. The first kappa shape index (κ1) is 24.3. The van der Waals surface area contributed by atoms with E-state index in [0.717, 1.165) is 15.6 Å². The predicted molar refractivity (Wildman–Crippen MR) is 137 cm³/mol. The van der Waals surface area contributed by atoms with E-state index in [1.165, 1.54) is 17.6 Å². The first-order valence-corrected chi connectivity index (χ1v) is 11.7. The quantitative estimate of drug-likeness (QED) is 0.144. The molecule has 35 heavy (non-hydrogen) atoms. The van der Waals surface area contributed by atoms with Gasteiger partial charge in [0.1, 0.15) is 22.1 Å². The number of carbonyl (C=O) groups is 2. The van der Waals surface area contributed by atoms with Gasteiger partial charge in [-0.25, -0.2) is 10.2 Å². The van der Waals surface area contributed by atoms with E-state index in [1.807, 2.05) is 31.2 Å². The molecule has 3 aromatic carbocycles.